The first-order valence-corrected chi connectivity index (χ1v) is 3.07. The molecular weight excluding hydrogens is 102 g/mol. The van der Waals surface area contributed by atoms with Gasteiger partial charge in [-0.2, -0.15) is 0 Å². The third-order valence-corrected chi connectivity index (χ3v) is 1.67. The van der Waals surface area contributed by atoms with E-state index in [-0.39, 0.29) is 0 Å². The van der Waals surface area contributed by atoms with Crippen LogP contribution in [0.15, 0.2) is 0 Å². The summed E-state index contributed by atoms with van der Waals surface area (Å²) < 4.78 is 4.94. The quantitative estimate of drug-likeness (QED) is 0.564. The Kier molecular flexibility index (Phi) is 1.86. The topological polar surface area (TPSA) is 35.2 Å². The van der Waals surface area contributed by atoms with Gasteiger partial charge in [0, 0.05) is 19.8 Å². The number of ether oxygens (including phenoxy) is 1. The second-order valence-corrected chi connectivity index (χ2v) is 2.55. The average Bonchev–Trinajstić information content (AvgIpc) is 1.64. The van der Waals surface area contributed by atoms with Gasteiger partial charge in [-0.1, -0.05) is 0 Å². The predicted molar refractivity (Wildman–Crippen MR) is 32.6 cm³/mol. The van der Waals surface area contributed by atoms with Crippen molar-refractivity contribution in [3.8, 4) is 0 Å². The zero-order valence-electron chi connectivity index (χ0n) is 5.26. The summed E-state index contributed by atoms with van der Waals surface area (Å²) in [6.45, 7) is 0.897. The van der Waals surface area contributed by atoms with Crippen molar-refractivity contribution in [3.63, 3.8) is 0 Å². The van der Waals surface area contributed by atoms with Crippen molar-refractivity contribution in [3.05, 3.63) is 0 Å². The number of nitrogens with two attached hydrogens (primary N) is 1. The molecule has 1 saturated carbocycles. The molecule has 0 unspecified atom stereocenters. The number of hydrogen-bond acceptors (Lipinski definition) is 2. The molecule has 0 aromatic carbocycles. The molecule has 8 heavy (non-hydrogen) atoms. The summed E-state index contributed by atoms with van der Waals surface area (Å²) in [5.41, 5.74) is 5.54. The Bertz CT molecular complexity index is 66.2. The molecule has 0 saturated heterocycles. The summed E-state index contributed by atoms with van der Waals surface area (Å²) in [6.07, 6.45) is 2.32. The van der Waals surface area contributed by atoms with E-state index in [2.05, 4.69) is 0 Å². The predicted octanol–water partition coefficient (Wildman–Crippen LogP) is 0.370. The van der Waals surface area contributed by atoms with E-state index in [1.54, 1.807) is 7.11 Å². The van der Waals surface area contributed by atoms with Gasteiger partial charge in [0.2, 0.25) is 0 Å². The van der Waals surface area contributed by atoms with E-state index in [0.717, 1.165) is 25.4 Å². The van der Waals surface area contributed by atoms with Crippen LogP contribution in [0.3, 0.4) is 0 Å². The van der Waals surface area contributed by atoms with Crippen LogP contribution in [0.2, 0.25) is 0 Å². The van der Waals surface area contributed by atoms with Crippen LogP contribution in [0, 0.1) is 5.92 Å². The van der Waals surface area contributed by atoms with E-state index < -0.39 is 0 Å². The monoisotopic (exact) mass is 115 g/mol. The molecule has 2 nitrogen and oxygen atoms in total. The lowest BCUT2D eigenvalue weighted by Crippen LogP contribution is -2.38. The smallest absolute Gasteiger partial charge is 0.0491 e. The molecule has 0 aromatic heterocycles. The van der Waals surface area contributed by atoms with Crippen molar-refractivity contribution < 1.29 is 4.74 Å². The molecule has 1 aliphatic carbocycles. The van der Waals surface area contributed by atoms with Gasteiger partial charge in [0.1, 0.15) is 0 Å². The summed E-state index contributed by atoms with van der Waals surface area (Å²) >= 11 is 0. The summed E-state index contributed by atoms with van der Waals surface area (Å²) in [5.74, 6) is 0.759. The lowest BCUT2D eigenvalue weighted by Gasteiger charge is -2.31. The fourth-order valence-corrected chi connectivity index (χ4v) is 1.16. The first-order valence-electron chi connectivity index (χ1n) is 3.07. The van der Waals surface area contributed by atoms with E-state index in [4.69, 9.17) is 10.5 Å². The van der Waals surface area contributed by atoms with E-state index in [9.17, 15) is 0 Å². The molecule has 1 aliphatic rings. The maximum Gasteiger partial charge on any atom is 0.0491 e. The van der Waals surface area contributed by atoms with Crippen molar-refractivity contribution in [2.45, 2.75) is 18.9 Å². The molecule has 0 heterocycles. The zero-order valence-corrected chi connectivity index (χ0v) is 5.26. The second-order valence-electron chi connectivity index (χ2n) is 2.55. The molecule has 0 radical (unpaired) electrons. The van der Waals surface area contributed by atoms with Crippen LogP contribution in [-0.2, 0) is 4.74 Å². The first kappa shape index (κ1) is 6.05. The van der Waals surface area contributed by atoms with Crippen LogP contribution in [0.4, 0.5) is 0 Å². The van der Waals surface area contributed by atoms with Crippen LogP contribution in [0.25, 0.3) is 0 Å². The fourth-order valence-electron chi connectivity index (χ4n) is 1.16. The average molecular weight is 115 g/mol. The van der Waals surface area contributed by atoms with Crippen molar-refractivity contribution in [2.24, 2.45) is 11.7 Å². The van der Waals surface area contributed by atoms with E-state index in [1.807, 2.05) is 0 Å². The Morgan fingerprint density at radius 1 is 1.62 bits per heavy atom. The molecule has 2 N–H and O–H groups in total. The molecule has 2 heteroatoms. The molecule has 1 rings (SSSR count). The van der Waals surface area contributed by atoms with Gasteiger partial charge in [0.05, 0.1) is 0 Å². The van der Waals surface area contributed by atoms with Gasteiger partial charge < -0.3 is 10.5 Å². The highest BCUT2D eigenvalue weighted by atomic mass is 16.5. The standard InChI is InChI=1S/C6H13NO/c1-8-4-5-2-6(7)3-5/h5-6H,2-4,7H2,1H3/t5-,6+. The van der Waals surface area contributed by atoms with Gasteiger partial charge in [-0.3, -0.25) is 0 Å². The minimum atomic E-state index is 0.468. The highest BCUT2D eigenvalue weighted by Gasteiger charge is 2.24. The van der Waals surface area contributed by atoms with Crippen LogP contribution < -0.4 is 5.73 Å². The van der Waals surface area contributed by atoms with Gasteiger partial charge in [-0.25, -0.2) is 0 Å². The molecule has 0 amide bonds. The minimum Gasteiger partial charge on any atom is -0.384 e. The Hall–Kier alpha value is -0.0800. The fraction of sp³-hybridized carbons (Fsp3) is 1.00. The Morgan fingerprint density at radius 3 is 2.62 bits per heavy atom. The Balaban J connectivity index is 1.98. The number of rotatable bonds is 2. The zero-order chi connectivity index (χ0) is 5.98. The normalized spacial score (nSPS) is 36.8. The van der Waals surface area contributed by atoms with Crippen molar-refractivity contribution in [1.29, 1.82) is 0 Å². The molecule has 0 bridgehead atoms. The van der Waals surface area contributed by atoms with Crippen molar-refractivity contribution in [2.75, 3.05) is 13.7 Å². The van der Waals surface area contributed by atoms with Gasteiger partial charge in [-0.05, 0) is 18.8 Å². The van der Waals surface area contributed by atoms with Gasteiger partial charge in [-0.15, -0.1) is 0 Å². The lowest BCUT2D eigenvalue weighted by atomic mass is 9.82. The maximum atomic E-state index is 5.54. The number of hydrogen-bond donors (Lipinski definition) is 1. The SMILES string of the molecule is COC[C@H]1C[C@@H](N)C1. The van der Waals surface area contributed by atoms with Crippen LogP contribution in [-0.4, -0.2) is 19.8 Å². The third-order valence-electron chi connectivity index (χ3n) is 1.67. The minimum absolute atomic E-state index is 0.468. The molecule has 0 aliphatic heterocycles. The summed E-state index contributed by atoms with van der Waals surface area (Å²) in [7, 11) is 1.74. The molecular formula is C6H13NO. The molecule has 0 aromatic rings. The second kappa shape index (κ2) is 2.46. The largest absolute Gasteiger partial charge is 0.384 e. The Labute approximate surface area is 50.0 Å². The summed E-state index contributed by atoms with van der Waals surface area (Å²) in [4.78, 5) is 0. The highest BCUT2D eigenvalue weighted by molar-refractivity contribution is 4.81. The maximum absolute atomic E-state index is 5.54. The molecule has 0 spiro atoms. The van der Waals surface area contributed by atoms with E-state index in [0.29, 0.717) is 6.04 Å². The van der Waals surface area contributed by atoms with Crippen LogP contribution in [0.5, 0.6) is 0 Å². The van der Waals surface area contributed by atoms with Gasteiger partial charge >= 0.3 is 0 Å². The van der Waals surface area contributed by atoms with Crippen LogP contribution in [0.1, 0.15) is 12.8 Å². The Morgan fingerprint density at radius 2 is 2.25 bits per heavy atom. The van der Waals surface area contributed by atoms with Crippen molar-refractivity contribution in [1.82, 2.24) is 0 Å². The summed E-state index contributed by atoms with van der Waals surface area (Å²) in [5, 5.41) is 0. The van der Waals surface area contributed by atoms with Crippen molar-refractivity contribution >= 4 is 0 Å². The first-order chi connectivity index (χ1) is 3.83. The van der Waals surface area contributed by atoms with E-state index >= 15 is 0 Å². The van der Waals surface area contributed by atoms with Gasteiger partial charge in [0.15, 0.2) is 0 Å². The van der Waals surface area contributed by atoms with Crippen LogP contribution >= 0.6 is 0 Å². The molecule has 1 fully saturated rings. The lowest BCUT2D eigenvalue weighted by molar-refractivity contribution is 0.0994. The molecule has 0 atom stereocenters. The number of methoxy groups -OCH3 is 1. The van der Waals surface area contributed by atoms with Gasteiger partial charge in [0.25, 0.3) is 0 Å². The highest BCUT2D eigenvalue weighted by Crippen LogP contribution is 2.24. The summed E-state index contributed by atoms with van der Waals surface area (Å²) in [6, 6.07) is 0.468. The van der Waals surface area contributed by atoms with E-state index in [1.165, 1.54) is 0 Å². The molecule has 48 valence electrons. The third kappa shape index (κ3) is 1.20.